The summed E-state index contributed by atoms with van der Waals surface area (Å²) in [6, 6.07) is 17.8. The number of carbonyl (C=O) groups excluding carboxylic acids is 1. The summed E-state index contributed by atoms with van der Waals surface area (Å²) in [5, 5.41) is 12.6. The number of carbonyl (C=O) groups is 1. The Morgan fingerprint density at radius 2 is 1.54 bits per heavy atom. The van der Waals surface area contributed by atoms with Gasteiger partial charge in [0.2, 0.25) is 5.91 Å². The number of hydrogen-bond acceptors (Lipinski definition) is 8. The molecule has 3 aromatic rings. The summed E-state index contributed by atoms with van der Waals surface area (Å²) in [7, 11) is 0. The topological polar surface area (TPSA) is 120 Å². The van der Waals surface area contributed by atoms with Gasteiger partial charge in [0.05, 0.1) is 11.3 Å². The van der Waals surface area contributed by atoms with Crippen molar-refractivity contribution >= 4 is 23.3 Å². The third-order valence-electron chi connectivity index (χ3n) is 11.5. The lowest BCUT2D eigenvalue weighted by atomic mass is 9.49. The fraction of sp³-hybridized carbons (Fsp3) is 0.514. The van der Waals surface area contributed by atoms with E-state index >= 15 is 0 Å². The number of rotatable bonds is 9. The second-order valence-corrected chi connectivity index (χ2v) is 14.8. The van der Waals surface area contributed by atoms with E-state index in [9.17, 15) is 4.79 Å². The van der Waals surface area contributed by atoms with Gasteiger partial charge < -0.3 is 20.7 Å². The number of hydrogen-bond donors (Lipinski definition) is 3. The van der Waals surface area contributed by atoms with E-state index in [1.807, 2.05) is 54.6 Å². The van der Waals surface area contributed by atoms with Gasteiger partial charge in [-0.15, -0.1) is 0 Å². The van der Waals surface area contributed by atoms with E-state index in [4.69, 9.17) is 15.9 Å². The molecule has 0 spiro atoms. The van der Waals surface area contributed by atoms with E-state index < -0.39 is 0 Å². The van der Waals surface area contributed by atoms with E-state index in [1.54, 1.807) is 0 Å². The van der Waals surface area contributed by atoms with Crippen LogP contribution in [-0.4, -0.2) is 69.6 Å². The first kappa shape index (κ1) is 29.4. The highest BCUT2D eigenvalue weighted by molar-refractivity contribution is 6.16. The summed E-state index contributed by atoms with van der Waals surface area (Å²) in [5.74, 6) is 5.44. The number of anilines is 2. The molecule has 240 valence electrons. The van der Waals surface area contributed by atoms with E-state index in [1.165, 1.54) is 44.9 Å². The minimum atomic E-state index is 0.229. The first-order valence-electron chi connectivity index (χ1n) is 17.2. The monoisotopic (exact) mass is 619 g/mol. The van der Waals surface area contributed by atoms with Gasteiger partial charge in [0.1, 0.15) is 29.5 Å². The fourth-order valence-corrected chi connectivity index (χ4v) is 9.65. The SMILES string of the molecule is N=C(c1ccc(Oc2ccccc2)cc1)c1c(N)ncnc1NC1CCN(C2CN(C(=O)CC34CC5CC(CC(C5)C3)C4)C2)CC1. The van der Waals surface area contributed by atoms with Crippen molar-refractivity contribution in [3.63, 3.8) is 0 Å². The van der Waals surface area contributed by atoms with Gasteiger partial charge in [-0.2, -0.15) is 0 Å². The first-order valence-corrected chi connectivity index (χ1v) is 17.2. The maximum atomic E-state index is 13.4. The molecule has 3 heterocycles. The summed E-state index contributed by atoms with van der Waals surface area (Å²) >= 11 is 0. The van der Waals surface area contributed by atoms with Crippen LogP contribution in [0.4, 0.5) is 11.6 Å². The molecule has 2 aromatic carbocycles. The molecule has 2 saturated heterocycles. The largest absolute Gasteiger partial charge is 0.457 e. The third-order valence-corrected chi connectivity index (χ3v) is 11.5. The normalized spacial score (nSPS) is 27.7. The zero-order valence-electron chi connectivity index (χ0n) is 26.5. The second kappa shape index (κ2) is 12.0. The lowest BCUT2D eigenvalue weighted by Crippen LogP contribution is -2.63. The van der Waals surface area contributed by atoms with Crippen molar-refractivity contribution in [3.05, 3.63) is 72.1 Å². The number of piperidine rings is 1. The zero-order chi connectivity index (χ0) is 31.3. The lowest BCUT2D eigenvalue weighted by Gasteiger charge is -2.57. The molecule has 1 amide bonds. The summed E-state index contributed by atoms with van der Waals surface area (Å²) in [4.78, 5) is 26.8. The van der Waals surface area contributed by atoms with Gasteiger partial charge >= 0.3 is 0 Å². The molecule has 46 heavy (non-hydrogen) atoms. The summed E-state index contributed by atoms with van der Waals surface area (Å²) in [5.41, 5.74) is 8.15. The van der Waals surface area contributed by atoms with Gasteiger partial charge in [-0.3, -0.25) is 15.1 Å². The average Bonchev–Trinajstić information content (AvgIpc) is 3.01. The zero-order valence-corrected chi connectivity index (χ0v) is 26.5. The summed E-state index contributed by atoms with van der Waals surface area (Å²) < 4.78 is 5.92. The highest BCUT2D eigenvalue weighted by atomic mass is 16.5. The highest BCUT2D eigenvalue weighted by Crippen LogP contribution is 2.61. The number of aromatic nitrogens is 2. The van der Waals surface area contributed by atoms with Crippen LogP contribution < -0.4 is 15.8 Å². The standard InChI is InChI=1S/C37H45N7O2/c38-34(27-6-8-31(9-7-27)46-30-4-2-1-3-5-30)33-35(39)40-23-41-36(33)42-28-10-12-43(13-11-28)29-21-44(22-29)32(45)20-37-17-24-14-25(18-37)16-26(15-24)19-37/h1-9,23-26,28-29,38H,10-22H2,(H3,39,40,41,42). The van der Waals surface area contributed by atoms with Crippen molar-refractivity contribution in [1.29, 1.82) is 5.41 Å². The number of benzene rings is 2. The number of amides is 1. The predicted molar refractivity (Wildman–Crippen MR) is 179 cm³/mol. The van der Waals surface area contributed by atoms with Gasteiger partial charge in [0.25, 0.3) is 0 Å². The molecule has 9 heteroatoms. The fourth-order valence-electron chi connectivity index (χ4n) is 9.65. The van der Waals surface area contributed by atoms with E-state index in [0.29, 0.717) is 40.1 Å². The van der Waals surface area contributed by atoms with Gasteiger partial charge in [0, 0.05) is 50.2 Å². The van der Waals surface area contributed by atoms with E-state index in [-0.39, 0.29) is 17.6 Å². The predicted octanol–water partition coefficient (Wildman–Crippen LogP) is 5.96. The number of nitrogens with zero attached hydrogens (tertiary/aromatic N) is 4. The number of likely N-dealkylation sites (tertiary alicyclic amines) is 2. The quantitative estimate of drug-likeness (QED) is 0.253. The minimum Gasteiger partial charge on any atom is -0.457 e. The molecule has 0 radical (unpaired) electrons. The van der Waals surface area contributed by atoms with Crippen LogP contribution in [0.25, 0.3) is 0 Å². The molecule has 2 aliphatic heterocycles. The van der Waals surface area contributed by atoms with Crippen LogP contribution in [0.1, 0.15) is 68.9 Å². The number of nitrogens with two attached hydrogens (primary N) is 1. The van der Waals surface area contributed by atoms with Crippen LogP contribution in [0, 0.1) is 28.6 Å². The number of para-hydroxylation sites is 1. The van der Waals surface area contributed by atoms with Gasteiger partial charge in [-0.25, -0.2) is 9.97 Å². The molecule has 4 N–H and O–H groups in total. The van der Waals surface area contributed by atoms with Crippen LogP contribution in [0.15, 0.2) is 60.9 Å². The van der Waals surface area contributed by atoms with Crippen molar-refractivity contribution < 1.29 is 9.53 Å². The third kappa shape index (κ3) is 5.85. The van der Waals surface area contributed by atoms with Crippen LogP contribution >= 0.6 is 0 Å². The minimum absolute atomic E-state index is 0.229. The molecular formula is C37H45N7O2. The molecule has 0 atom stereocenters. The molecule has 0 unspecified atom stereocenters. The Morgan fingerprint density at radius 3 is 2.20 bits per heavy atom. The smallest absolute Gasteiger partial charge is 0.223 e. The number of nitrogen functional groups attached to an aromatic ring is 1. The molecule has 9 nitrogen and oxygen atoms in total. The number of ether oxygens (including phenoxy) is 1. The van der Waals surface area contributed by atoms with Gasteiger partial charge in [-0.1, -0.05) is 18.2 Å². The molecular weight excluding hydrogens is 574 g/mol. The molecule has 9 rings (SSSR count). The summed E-state index contributed by atoms with van der Waals surface area (Å²) in [6.07, 6.45) is 12.4. The Balaban J connectivity index is 0.837. The molecule has 1 aromatic heterocycles. The highest BCUT2D eigenvalue weighted by Gasteiger charge is 2.52. The van der Waals surface area contributed by atoms with E-state index in [0.717, 1.165) is 68.9 Å². The van der Waals surface area contributed by atoms with Crippen LogP contribution in [0.5, 0.6) is 11.5 Å². The Labute approximate surface area is 271 Å². The van der Waals surface area contributed by atoms with Crippen molar-refractivity contribution in [2.24, 2.45) is 23.2 Å². The maximum absolute atomic E-state index is 13.4. The van der Waals surface area contributed by atoms with Crippen LogP contribution in [-0.2, 0) is 4.79 Å². The lowest BCUT2D eigenvalue weighted by molar-refractivity contribution is -0.147. The Kier molecular flexibility index (Phi) is 7.67. The van der Waals surface area contributed by atoms with E-state index in [2.05, 4.69) is 25.1 Å². The molecule has 4 saturated carbocycles. The molecule has 6 aliphatic rings. The molecule has 4 aliphatic carbocycles. The van der Waals surface area contributed by atoms with Gasteiger partial charge in [0.15, 0.2) is 0 Å². The van der Waals surface area contributed by atoms with Crippen molar-refractivity contribution in [2.75, 3.05) is 37.2 Å². The molecule has 4 bridgehead atoms. The Hall–Kier alpha value is -3.98. The van der Waals surface area contributed by atoms with Gasteiger partial charge in [-0.05, 0) is 111 Å². The van der Waals surface area contributed by atoms with Crippen LogP contribution in [0.3, 0.4) is 0 Å². The maximum Gasteiger partial charge on any atom is 0.223 e. The van der Waals surface area contributed by atoms with Crippen LogP contribution in [0.2, 0.25) is 0 Å². The molecule has 6 fully saturated rings. The Bertz CT molecular complexity index is 1540. The average molecular weight is 620 g/mol. The Morgan fingerprint density at radius 1 is 0.913 bits per heavy atom. The first-order chi connectivity index (χ1) is 22.4. The number of nitrogens with one attached hydrogen (secondary N) is 2. The second-order valence-electron chi connectivity index (χ2n) is 14.8. The van der Waals surface area contributed by atoms with Crippen molar-refractivity contribution in [1.82, 2.24) is 19.8 Å². The summed E-state index contributed by atoms with van der Waals surface area (Å²) in [6.45, 7) is 3.72. The van der Waals surface area contributed by atoms with Crippen molar-refractivity contribution in [3.8, 4) is 11.5 Å². The van der Waals surface area contributed by atoms with Crippen molar-refractivity contribution in [2.45, 2.75) is 69.9 Å².